The second-order valence-corrected chi connectivity index (χ2v) is 9.67. The minimum atomic E-state index is -2.99. The van der Waals surface area contributed by atoms with E-state index in [1.807, 2.05) is 45.9 Å². The lowest BCUT2D eigenvalue weighted by Gasteiger charge is -2.10. The molecule has 0 unspecified atom stereocenters. The van der Waals surface area contributed by atoms with E-state index in [-0.39, 0.29) is 30.1 Å². The standard InChI is InChI=1S/C20H26N4O4S/c1-13-5-6-14(2)19(9-13)28-11-20(25)22-21-10-18-15(3)23-24(16(18)4)17-7-8-29(26,27)12-17/h5-6,9-10,17H,7-8,11-12H2,1-4H3,(H,22,25)/b21-10-/t17-/m1/s1. The summed E-state index contributed by atoms with van der Waals surface area (Å²) in [6.45, 7) is 7.45. The van der Waals surface area contributed by atoms with Crippen molar-refractivity contribution in [2.24, 2.45) is 5.10 Å². The maximum Gasteiger partial charge on any atom is 0.277 e. The number of aryl methyl sites for hydroxylation is 3. The molecule has 0 saturated carbocycles. The molecule has 29 heavy (non-hydrogen) atoms. The van der Waals surface area contributed by atoms with Crippen LogP contribution < -0.4 is 10.2 Å². The van der Waals surface area contributed by atoms with Crippen LogP contribution in [0.15, 0.2) is 23.3 Å². The number of carbonyl (C=O) groups is 1. The summed E-state index contributed by atoms with van der Waals surface area (Å²) in [5.41, 5.74) is 6.80. The van der Waals surface area contributed by atoms with Gasteiger partial charge in [-0.05, 0) is 51.3 Å². The number of nitrogens with zero attached hydrogens (tertiary/aromatic N) is 3. The summed E-state index contributed by atoms with van der Waals surface area (Å²) >= 11 is 0. The Hall–Kier alpha value is -2.68. The van der Waals surface area contributed by atoms with E-state index in [1.54, 1.807) is 4.68 Å². The second-order valence-electron chi connectivity index (χ2n) is 7.44. The first kappa shape index (κ1) is 21.0. The van der Waals surface area contributed by atoms with E-state index < -0.39 is 9.84 Å². The Bertz CT molecular complexity index is 1060. The predicted octanol–water partition coefficient (Wildman–Crippen LogP) is 2.01. The van der Waals surface area contributed by atoms with Gasteiger partial charge in [-0.15, -0.1) is 0 Å². The average molecular weight is 419 g/mol. The molecule has 0 spiro atoms. The molecule has 8 nitrogen and oxygen atoms in total. The van der Waals surface area contributed by atoms with Crippen LogP contribution in [-0.2, 0) is 14.6 Å². The van der Waals surface area contributed by atoms with Gasteiger partial charge >= 0.3 is 0 Å². The largest absolute Gasteiger partial charge is 0.483 e. The van der Waals surface area contributed by atoms with Crippen LogP contribution >= 0.6 is 0 Å². The third-order valence-electron chi connectivity index (χ3n) is 5.02. The monoisotopic (exact) mass is 418 g/mol. The first-order valence-corrected chi connectivity index (χ1v) is 11.3. The van der Waals surface area contributed by atoms with Crippen molar-refractivity contribution in [3.05, 3.63) is 46.3 Å². The number of hydrogen-bond acceptors (Lipinski definition) is 6. The fourth-order valence-corrected chi connectivity index (χ4v) is 5.09. The Balaban J connectivity index is 1.60. The van der Waals surface area contributed by atoms with Gasteiger partial charge in [-0.3, -0.25) is 9.48 Å². The Morgan fingerprint density at radius 2 is 2.10 bits per heavy atom. The highest BCUT2D eigenvalue weighted by Crippen LogP contribution is 2.26. The molecule has 2 heterocycles. The first-order chi connectivity index (χ1) is 13.7. The zero-order valence-electron chi connectivity index (χ0n) is 17.1. The third kappa shape index (κ3) is 5.03. The molecule has 0 radical (unpaired) electrons. The normalized spacial score (nSPS) is 18.3. The van der Waals surface area contributed by atoms with Crippen molar-refractivity contribution in [3.63, 3.8) is 0 Å². The fourth-order valence-electron chi connectivity index (χ4n) is 3.39. The highest BCUT2D eigenvalue weighted by atomic mass is 32.2. The molecule has 1 aliphatic heterocycles. The highest BCUT2D eigenvalue weighted by molar-refractivity contribution is 7.91. The molecule has 0 bridgehead atoms. The Kier molecular flexibility index (Phi) is 6.07. The molecule has 156 valence electrons. The molecule has 1 aromatic carbocycles. The van der Waals surface area contributed by atoms with E-state index >= 15 is 0 Å². The molecule has 2 aromatic rings. The minimum absolute atomic E-state index is 0.109. The quantitative estimate of drug-likeness (QED) is 0.571. The summed E-state index contributed by atoms with van der Waals surface area (Å²) in [5.74, 6) is 0.601. The molecule has 1 N–H and O–H groups in total. The van der Waals surface area contributed by atoms with Crippen LogP contribution in [0.25, 0.3) is 0 Å². The molecule has 9 heteroatoms. The molecule has 1 saturated heterocycles. The molecule has 3 rings (SSSR count). The molecule has 0 aliphatic carbocycles. The van der Waals surface area contributed by atoms with Crippen LogP contribution in [0.1, 0.15) is 40.5 Å². The number of nitrogens with one attached hydrogen (secondary N) is 1. The maximum atomic E-state index is 12.0. The molecular formula is C20H26N4O4S. The lowest BCUT2D eigenvalue weighted by atomic mass is 10.1. The predicted molar refractivity (Wildman–Crippen MR) is 111 cm³/mol. The number of carbonyl (C=O) groups excluding carboxylic acids is 1. The van der Waals surface area contributed by atoms with Gasteiger partial charge in [0.05, 0.1) is 29.5 Å². The fraction of sp³-hybridized carbons (Fsp3) is 0.450. The number of sulfone groups is 1. The molecule has 1 aliphatic rings. The third-order valence-corrected chi connectivity index (χ3v) is 6.77. The van der Waals surface area contributed by atoms with E-state index in [1.165, 1.54) is 6.21 Å². The summed E-state index contributed by atoms with van der Waals surface area (Å²) < 4.78 is 30.8. The van der Waals surface area contributed by atoms with Crippen molar-refractivity contribution in [1.29, 1.82) is 0 Å². The molecule has 1 aromatic heterocycles. The lowest BCUT2D eigenvalue weighted by Crippen LogP contribution is -2.24. The number of ether oxygens (including phenoxy) is 1. The Morgan fingerprint density at radius 1 is 1.34 bits per heavy atom. The van der Waals surface area contributed by atoms with E-state index in [0.717, 1.165) is 28.1 Å². The second kappa shape index (κ2) is 8.36. The van der Waals surface area contributed by atoms with Crippen LogP contribution in [0.2, 0.25) is 0 Å². The van der Waals surface area contributed by atoms with Crippen molar-refractivity contribution in [2.75, 3.05) is 18.1 Å². The van der Waals surface area contributed by atoms with Gasteiger partial charge in [-0.2, -0.15) is 10.2 Å². The zero-order valence-corrected chi connectivity index (χ0v) is 17.9. The summed E-state index contributed by atoms with van der Waals surface area (Å²) in [7, 11) is -2.99. The van der Waals surface area contributed by atoms with E-state index in [4.69, 9.17) is 4.74 Å². The Morgan fingerprint density at radius 3 is 2.79 bits per heavy atom. The van der Waals surface area contributed by atoms with Crippen molar-refractivity contribution in [3.8, 4) is 5.75 Å². The summed E-state index contributed by atoms with van der Waals surface area (Å²) in [4.78, 5) is 12.0. The van der Waals surface area contributed by atoms with Crippen molar-refractivity contribution >= 4 is 22.0 Å². The minimum Gasteiger partial charge on any atom is -0.483 e. The maximum absolute atomic E-state index is 12.0. The zero-order chi connectivity index (χ0) is 21.2. The van der Waals surface area contributed by atoms with Gasteiger partial charge in [0, 0.05) is 11.3 Å². The van der Waals surface area contributed by atoms with Gasteiger partial charge in [-0.25, -0.2) is 13.8 Å². The number of aromatic nitrogens is 2. The molecule has 1 atom stereocenters. The molecule has 1 fully saturated rings. The van der Waals surface area contributed by atoms with Gasteiger partial charge in [0.15, 0.2) is 16.4 Å². The summed E-state index contributed by atoms with van der Waals surface area (Å²) in [5, 5.41) is 8.48. The van der Waals surface area contributed by atoms with Crippen molar-refractivity contribution in [2.45, 2.75) is 40.2 Å². The summed E-state index contributed by atoms with van der Waals surface area (Å²) in [6, 6.07) is 5.66. The number of hydrogen-bond donors (Lipinski definition) is 1. The summed E-state index contributed by atoms with van der Waals surface area (Å²) in [6.07, 6.45) is 2.10. The Labute approximate surface area is 170 Å². The molecule has 1 amide bonds. The van der Waals surface area contributed by atoms with Crippen molar-refractivity contribution in [1.82, 2.24) is 15.2 Å². The van der Waals surface area contributed by atoms with Crippen LogP contribution in [0.3, 0.4) is 0 Å². The molecular weight excluding hydrogens is 392 g/mol. The van der Waals surface area contributed by atoms with Gasteiger partial charge in [0.2, 0.25) is 0 Å². The topological polar surface area (TPSA) is 103 Å². The van der Waals surface area contributed by atoms with E-state index in [2.05, 4.69) is 15.6 Å². The van der Waals surface area contributed by atoms with E-state index in [0.29, 0.717) is 12.2 Å². The lowest BCUT2D eigenvalue weighted by molar-refractivity contribution is -0.123. The first-order valence-electron chi connectivity index (χ1n) is 9.44. The van der Waals surface area contributed by atoms with E-state index in [9.17, 15) is 13.2 Å². The number of amides is 1. The SMILES string of the molecule is Cc1ccc(C)c(OCC(=O)N/N=C\c2c(C)nn([C@@H]3CCS(=O)(=O)C3)c2C)c1. The smallest absolute Gasteiger partial charge is 0.277 e. The van der Waals surface area contributed by atoms with Gasteiger partial charge < -0.3 is 4.74 Å². The van der Waals surface area contributed by atoms with Gasteiger partial charge in [0.25, 0.3) is 5.91 Å². The number of hydrazone groups is 1. The highest BCUT2D eigenvalue weighted by Gasteiger charge is 2.31. The van der Waals surface area contributed by atoms with Crippen LogP contribution in [0, 0.1) is 27.7 Å². The number of rotatable bonds is 6. The van der Waals surface area contributed by atoms with Gasteiger partial charge in [0.1, 0.15) is 5.75 Å². The number of benzene rings is 1. The van der Waals surface area contributed by atoms with Crippen LogP contribution in [0.5, 0.6) is 5.75 Å². The average Bonchev–Trinajstić information content (AvgIpc) is 3.15. The van der Waals surface area contributed by atoms with Gasteiger partial charge in [-0.1, -0.05) is 12.1 Å². The van der Waals surface area contributed by atoms with Crippen LogP contribution in [0.4, 0.5) is 0 Å². The van der Waals surface area contributed by atoms with Crippen molar-refractivity contribution < 1.29 is 17.9 Å². The van der Waals surface area contributed by atoms with Crippen LogP contribution in [-0.4, -0.2) is 48.4 Å².